The zero-order chi connectivity index (χ0) is 13.7. The second-order valence-corrected chi connectivity index (χ2v) is 4.11. The van der Waals surface area contributed by atoms with Crippen LogP contribution in [0.1, 0.15) is 22.3 Å². The van der Waals surface area contributed by atoms with Crippen molar-refractivity contribution in [3.8, 4) is 6.07 Å². The van der Waals surface area contributed by atoms with Crippen LogP contribution in [0, 0.1) is 17.2 Å². The van der Waals surface area contributed by atoms with E-state index in [-0.39, 0.29) is 52.7 Å². The smallest absolute Gasteiger partial charge is 0.475 e. The van der Waals surface area contributed by atoms with Crippen molar-refractivity contribution in [1.29, 1.82) is 5.26 Å². The summed E-state index contributed by atoms with van der Waals surface area (Å²) in [5, 5.41) is 12.6. The largest absolute Gasteiger partial charge is 1.00 e. The number of hydrogen-bond donors (Lipinski definition) is 0. The Hall–Kier alpha value is -1.14. The third-order valence-electron chi connectivity index (χ3n) is 1.92. The molecule has 0 unspecified atom stereocenters. The number of aromatic nitrogens is 2. The number of nitrogens with zero attached hydrogens (tertiary/aromatic N) is 4. The van der Waals surface area contributed by atoms with Crippen LogP contribution in [-0.2, 0) is 9.53 Å². The summed E-state index contributed by atoms with van der Waals surface area (Å²) in [7, 11) is 3.09. The van der Waals surface area contributed by atoms with E-state index in [1.165, 1.54) is 4.90 Å². The number of nitriles is 1. The average Bonchev–Trinajstić information content (AvgIpc) is 2.78. The third-order valence-corrected chi connectivity index (χ3v) is 2.66. The maximum Gasteiger partial charge on any atom is 1.00 e. The number of carbonyl (C=O) groups excluding carboxylic acids is 2. The van der Waals surface area contributed by atoms with Gasteiger partial charge in [0.2, 0.25) is 0 Å². The molecule has 7 nitrogen and oxygen atoms in total. The van der Waals surface area contributed by atoms with Gasteiger partial charge in [0.15, 0.2) is 5.91 Å². The molecule has 0 fully saturated rings. The van der Waals surface area contributed by atoms with Crippen molar-refractivity contribution < 1.29 is 43.9 Å². The Balaban J connectivity index is 0.00000324. The average molecular weight is 290 g/mol. The van der Waals surface area contributed by atoms with Gasteiger partial charge < -0.3 is 9.64 Å². The summed E-state index contributed by atoms with van der Waals surface area (Å²) in [5.41, 5.74) is -0.0189. The molecule has 1 heterocycles. The van der Waals surface area contributed by atoms with Gasteiger partial charge in [-0.05, 0) is 6.92 Å². The van der Waals surface area contributed by atoms with Crippen LogP contribution < -0.4 is 29.6 Å². The van der Waals surface area contributed by atoms with E-state index in [4.69, 9.17) is 10.00 Å². The van der Waals surface area contributed by atoms with Gasteiger partial charge in [-0.25, -0.2) is 10.4 Å². The van der Waals surface area contributed by atoms with E-state index in [9.17, 15) is 9.59 Å². The number of amides is 1. The molecule has 0 N–H and O–H groups in total. The normalized spacial score (nSPS) is 8.95. The van der Waals surface area contributed by atoms with Gasteiger partial charge in [-0.2, -0.15) is 0 Å². The Bertz CT molecular complexity index is 497. The number of carbonyl (C=O) groups is 2. The second-order valence-electron chi connectivity index (χ2n) is 3.36. The minimum absolute atomic E-state index is 0. The number of ether oxygens (including phenoxy) is 1. The fourth-order valence-corrected chi connectivity index (χ4v) is 1.74. The van der Waals surface area contributed by atoms with Gasteiger partial charge in [0, 0.05) is 31.8 Å². The maximum atomic E-state index is 11.8. The van der Waals surface area contributed by atoms with Crippen LogP contribution in [0.3, 0.4) is 0 Å². The molecule has 0 saturated heterocycles. The molecule has 0 aromatic carbocycles. The second kappa shape index (κ2) is 8.12. The molecule has 19 heavy (non-hydrogen) atoms. The predicted molar refractivity (Wildman–Crippen MR) is 62.5 cm³/mol. The molecule has 9 heteroatoms. The zero-order valence-corrected chi connectivity index (χ0v) is 13.9. The van der Waals surface area contributed by atoms with Crippen molar-refractivity contribution in [3.63, 3.8) is 0 Å². The standard InChI is InChI=1S/C10H11N4O3S.Na/c1-4-17-10(16)6(5-11)8-7(12-13-18-8)9(15)14(2)3;/h4H2,1-3H3;/q-1;+1. The van der Waals surface area contributed by atoms with Crippen molar-refractivity contribution in [1.82, 2.24) is 14.5 Å². The molecule has 1 amide bonds. The fraction of sp³-hybridized carbons (Fsp3) is 0.400. The van der Waals surface area contributed by atoms with Crippen LogP contribution in [0.4, 0.5) is 0 Å². The van der Waals surface area contributed by atoms with E-state index in [0.29, 0.717) is 0 Å². The third kappa shape index (κ3) is 4.18. The summed E-state index contributed by atoms with van der Waals surface area (Å²) in [6.07, 6.45) is 0. The summed E-state index contributed by atoms with van der Waals surface area (Å²) in [6.45, 7) is 1.77. The van der Waals surface area contributed by atoms with Crippen molar-refractivity contribution in [2.75, 3.05) is 20.7 Å². The molecule has 0 atom stereocenters. The number of rotatable bonds is 4. The van der Waals surface area contributed by atoms with Gasteiger partial charge in [0.05, 0.1) is 6.61 Å². The number of esters is 1. The van der Waals surface area contributed by atoms with Crippen LogP contribution in [0.2, 0.25) is 0 Å². The molecular weight excluding hydrogens is 279 g/mol. The van der Waals surface area contributed by atoms with Gasteiger partial charge in [-0.1, -0.05) is 16.4 Å². The quantitative estimate of drug-likeness (QED) is 0.339. The first-order valence-corrected chi connectivity index (χ1v) is 5.78. The van der Waals surface area contributed by atoms with Gasteiger partial charge >= 0.3 is 29.6 Å². The molecule has 0 saturated carbocycles. The molecule has 0 spiro atoms. The van der Waals surface area contributed by atoms with E-state index in [2.05, 4.69) is 9.59 Å². The molecule has 0 radical (unpaired) electrons. The van der Waals surface area contributed by atoms with E-state index in [1.807, 2.05) is 0 Å². The summed E-state index contributed by atoms with van der Waals surface area (Å²) in [4.78, 5) is 24.8. The van der Waals surface area contributed by atoms with Crippen molar-refractivity contribution in [3.05, 3.63) is 16.5 Å². The summed E-state index contributed by atoms with van der Waals surface area (Å²) < 4.78 is 8.34. The molecule has 1 aromatic rings. The molecule has 0 aliphatic rings. The van der Waals surface area contributed by atoms with E-state index in [0.717, 1.165) is 11.5 Å². The topological polar surface area (TPSA) is 96.2 Å². The zero-order valence-electron chi connectivity index (χ0n) is 11.1. The SMILES string of the molecule is CCOC(=O)[C-](C#N)c1snnc1C(=O)N(C)C.[Na+]. The number of hydrogen-bond acceptors (Lipinski definition) is 7. The monoisotopic (exact) mass is 290 g/mol. The van der Waals surface area contributed by atoms with E-state index in [1.54, 1.807) is 27.1 Å². The Morgan fingerprint density at radius 3 is 2.63 bits per heavy atom. The minimum atomic E-state index is -0.779. The van der Waals surface area contributed by atoms with Gasteiger partial charge in [0.1, 0.15) is 0 Å². The van der Waals surface area contributed by atoms with Crippen LogP contribution in [0.15, 0.2) is 0 Å². The Kier molecular flexibility index (Phi) is 7.63. The minimum Gasteiger partial charge on any atom is -0.475 e. The van der Waals surface area contributed by atoms with Gasteiger partial charge in [0.25, 0.3) is 5.97 Å². The Labute approximate surface area is 137 Å². The van der Waals surface area contributed by atoms with Gasteiger partial charge in [-0.15, -0.1) is 4.49 Å². The van der Waals surface area contributed by atoms with Crippen molar-refractivity contribution >= 4 is 23.4 Å². The summed E-state index contributed by atoms with van der Waals surface area (Å²) >= 11 is 0.813. The molecule has 96 valence electrons. The first-order valence-electron chi connectivity index (χ1n) is 5.01. The van der Waals surface area contributed by atoms with E-state index < -0.39 is 11.9 Å². The van der Waals surface area contributed by atoms with Crippen LogP contribution in [-0.4, -0.2) is 47.1 Å². The Morgan fingerprint density at radius 1 is 1.53 bits per heavy atom. The maximum absolute atomic E-state index is 11.8. The van der Waals surface area contributed by atoms with Crippen molar-refractivity contribution in [2.45, 2.75) is 6.92 Å². The molecular formula is C10H11N4NaO3S. The van der Waals surface area contributed by atoms with Gasteiger partial charge in [-0.3, -0.25) is 9.59 Å². The van der Waals surface area contributed by atoms with E-state index >= 15 is 0 Å². The Morgan fingerprint density at radius 2 is 2.16 bits per heavy atom. The van der Waals surface area contributed by atoms with Crippen LogP contribution in [0.25, 0.3) is 0 Å². The first kappa shape index (κ1) is 17.9. The molecule has 0 aliphatic carbocycles. The van der Waals surface area contributed by atoms with Crippen molar-refractivity contribution in [2.24, 2.45) is 0 Å². The summed E-state index contributed by atoms with van der Waals surface area (Å²) in [5.74, 6) is -1.45. The van der Waals surface area contributed by atoms with Crippen LogP contribution >= 0.6 is 11.5 Å². The molecule has 1 aromatic heterocycles. The molecule has 1 rings (SSSR count). The van der Waals surface area contributed by atoms with Crippen LogP contribution in [0.5, 0.6) is 0 Å². The fourth-order valence-electron chi connectivity index (χ4n) is 1.10. The predicted octanol–water partition coefficient (Wildman–Crippen LogP) is -2.75. The summed E-state index contributed by atoms with van der Waals surface area (Å²) in [6, 6.07) is 1.73. The molecule has 0 bridgehead atoms. The molecule has 0 aliphatic heterocycles. The first-order chi connectivity index (χ1) is 8.52.